The number of hydrogen-bond acceptors (Lipinski definition) is 4. The van der Waals surface area contributed by atoms with Crippen molar-refractivity contribution >= 4 is 5.91 Å². The summed E-state index contributed by atoms with van der Waals surface area (Å²) in [6.07, 6.45) is 1.55. The van der Waals surface area contributed by atoms with Crippen molar-refractivity contribution < 1.29 is 19.7 Å². The predicted molar refractivity (Wildman–Crippen MR) is 76.5 cm³/mol. The fourth-order valence-electron chi connectivity index (χ4n) is 2.00. The molecule has 0 spiro atoms. The molecule has 0 heterocycles. The van der Waals surface area contributed by atoms with Crippen molar-refractivity contribution in [3.8, 4) is 5.75 Å². The van der Waals surface area contributed by atoms with E-state index in [9.17, 15) is 9.90 Å². The van der Waals surface area contributed by atoms with E-state index in [0.29, 0.717) is 26.0 Å². The topological polar surface area (TPSA) is 78.8 Å². The Bertz CT molecular complexity index is 409. The van der Waals surface area contributed by atoms with E-state index in [1.54, 1.807) is 25.3 Å². The summed E-state index contributed by atoms with van der Waals surface area (Å²) in [5, 5.41) is 21.7. The fraction of sp³-hybridized carbons (Fsp3) is 0.533. The number of rotatable bonds is 9. The molecule has 20 heavy (non-hydrogen) atoms. The van der Waals surface area contributed by atoms with Gasteiger partial charge in [0.05, 0.1) is 0 Å². The molecular formula is C15H23NO4. The molecule has 0 radical (unpaired) electrons. The highest BCUT2D eigenvalue weighted by atomic mass is 16.5. The highest BCUT2D eigenvalue weighted by Gasteiger charge is 2.19. The highest BCUT2D eigenvalue weighted by molar-refractivity contribution is 5.79. The zero-order valence-corrected chi connectivity index (χ0v) is 11.8. The molecule has 112 valence electrons. The number of methoxy groups -OCH3 is 1. The molecule has 0 saturated heterocycles. The van der Waals surface area contributed by atoms with Crippen molar-refractivity contribution in [1.29, 1.82) is 0 Å². The molecule has 0 aliphatic carbocycles. The Hall–Kier alpha value is -1.59. The minimum absolute atomic E-state index is 0.0518. The van der Waals surface area contributed by atoms with Gasteiger partial charge in [0.15, 0.2) is 0 Å². The molecule has 1 aromatic carbocycles. The van der Waals surface area contributed by atoms with Gasteiger partial charge in [-0.2, -0.15) is 0 Å². The average molecular weight is 281 g/mol. The lowest BCUT2D eigenvalue weighted by Gasteiger charge is -2.16. The van der Waals surface area contributed by atoms with Crippen molar-refractivity contribution in [2.24, 2.45) is 5.92 Å². The number of aromatic hydroxyl groups is 1. The molecule has 5 heteroatoms. The Morgan fingerprint density at radius 3 is 2.80 bits per heavy atom. The number of ether oxygens (including phenoxy) is 1. The first kappa shape index (κ1) is 16.5. The van der Waals surface area contributed by atoms with Crippen molar-refractivity contribution in [2.75, 3.05) is 26.9 Å². The lowest BCUT2D eigenvalue weighted by molar-refractivity contribution is -0.125. The van der Waals surface area contributed by atoms with Gasteiger partial charge in [0.2, 0.25) is 5.91 Å². The van der Waals surface area contributed by atoms with Crippen LogP contribution in [0.25, 0.3) is 0 Å². The van der Waals surface area contributed by atoms with Crippen LogP contribution in [0.15, 0.2) is 24.3 Å². The van der Waals surface area contributed by atoms with E-state index in [1.807, 2.05) is 6.07 Å². The number of aliphatic hydroxyl groups is 1. The van der Waals surface area contributed by atoms with Crippen molar-refractivity contribution in [1.82, 2.24) is 5.32 Å². The maximum atomic E-state index is 12.1. The number of carbonyl (C=O) groups excluding carboxylic acids is 1. The van der Waals surface area contributed by atoms with Crippen molar-refractivity contribution in [3.63, 3.8) is 0 Å². The van der Waals surface area contributed by atoms with Crippen molar-refractivity contribution in [2.45, 2.75) is 19.3 Å². The summed E-state index contributed by atoms with van der Waals surface area (Å²) in [5.41, 5.74) is 0.720. The molecule has 1 atom stereocenters. The van der Waals surface area contributed by atoms with Gasteiger partial charge in [0.25, 0.3) is 0 Å². The largest absolute Gasteiger partial charge is 0.508 e. The zero-order valence-electron chi connectivity index (χ0n) is 11.8. The standard InChI is InChI=1S/C15H23NO4/c1-20-10-4-8-16-15(19)13(7-9-17)11-12-5-2-3-6-14(12)18/h2-3,5-6,13,17-18H,4,7-11H2,1H3,(H,16,19). The molecule has 0 bridgehead atoms. The number of para-hydroxylation sites is 1. The Morgan fingerprint density at radius 1 is 1.40 bits per heavy atom. The average Bonchev–Trinajstić information content (AvgIpc) is 2.45. The lowest BCUT2D eigenvalue weighted by atomic mass is 9.95. The Kier molecular flexibility index (Phi) is 7.69. The van der Waals surface area contributed by atoms with Gasteiger partial charge < -0.3 is 20.3 Å². The van der Waals surface area contributed by atoms with E-state index < -0.39 is 0 Å². The molecule has 1 aromatic rings. The minimum atomic E-state index is -0.337. The molecule has 1 unspecified atom stereocenters. The van der Waals surface area contributed by atoms with Crippen LogP contribution in [0.1, 0.15) is 18.4 Å². The molecule has 0 saturated carbocycles. The molecule has 5 nitrogen and oxygen atoms in total. The second-order valence-corrected chi connectivity index (χ2v) is 4.68. The number of carbonyl (C=O) groups is 1. The van der Waals surface area contributed by atoms with Crippen LogP contribution in [0.5, 0.6) is 5.75 Å². The summed E-state index contributed by atoms with van der Waals surface area (Å²) in [6, 6.07) is 6.95. The number of hydrogen-bond donors (Lipinski definition) is 3. The first-order chi connectivity index (χ1) is 9.69. The molecule has 0 fully saturated rings. The van der Waals surface area contributed by atoms with E-state index in [1.165, 1.54) is 0 Å². The number of nitrogens with one attached hydrogen (secondary N) is 1. The number of phenols is 1. The third kappa shape index (κ3) is 5.59. The van der Waals surface area contributed by atoms with Gasteiger partial charge in [-0.1, -0.05) is 18.2 Å². The SMILES string of the molecule is COCCCNC(=O)C(CCO)Cc1ccccc1O. The second kappa shape index (κ2) is 9.34. The summed E-state index contributed by atoms with van der Waals surface area (Å²) in [7, 11) is 1.62. The Labute approximate surface area is 119 Å². The van der Waals surface area contributed by atoms with Crippen LogP contribution in [0, 0.1) is 5.92 Å². The first-order valence-electron chi connectivity index (χ1n) is 6.83. The molecule has 1 amide bonds. The van der Waals surface area contributed by atoms with Crippen LogP contribution in [0.2, 0.25) is 0 Å². The highest BCUT2D eigenvalue weighted by Crippen LogP contribution is 2.21. The smallest absolute Gasteiger partial charge is 0.223 e. The molecule has 0 aromatic heterocycles. The van der Waals surface area contributed by atoms with E-state index in [0.717, 1.165) is 12.0 Å². The fourth-order valence-corrected chi connectivity index (χ4v) is 2.00. The van der Waals surface area contributed by atoms with E-state index in [4.69, 9.17) is 9.84 Å². The number of amides is 1. The van der Waals surface area contributed by atoms with Gasteiger partial charge in [-0.3, -0.25) is 4.79 Å². The Balaban J connectivity index is 2.55. The minimum Gasteiger partial charge on any atom is -0.508 e. The van der Waals surface area contributed by atoms with Crippen molar-refractivity contribution in [3.05, 3.63) is 29.8 Å². The molecule has 0 aliphatic rings. The second-order valence-electron chi connectivity index (χ2n) is 4.68. The molecular weight excluding hydrogens is 258 g/mol. The molecule has 3 N–H and O–H groups in total. The summed E-state index contributed by atoms with van der Waals surface area (Å²) in [5.74, 6) is -0.253. The maximum Gasteiger partial charge on any atom is 0.223 e. The maximum absolute atomic E-state index is 12.1. The number of phenolic OH excluding ortho intramolecular Hbond substituents is 1. The van der Waals surface area contributed by atoms with Gasteiger partial charge in [0.1, 0.15) is 5.75 Å². The monoisotopic (exact) mass is 281 g/mol. The third-order valence-corrected chi connectivity index (χ3v) is 3.13. The molecule has 0 aliphatic heterocycles. The summed E-state index contributed by atoms with van der Waals surface area (Å²) >= 11 is 0. The van der Waals surface area contributed by atoms with Gasteiger partial charge in [-0.25, -0.2) is 0 Å². The first-order valence-corrected chi connectivity index (χ1v) is 6.83. The van der Waals surface area contributed by atoms with Crippen LogP contribution in [-0.2, 0) is 16.0 Å². The van der Waals surface area contributed by atoms with Crippen LogP contribution in [0.3, 0.4) is 0 Å². The van der Waals surface area contributed by atoms with Crippen LogP contribution in [0.4, 0.5) is 0 Å². The van der Waals surface area contributed by atoms with Gasteiger partial charge in [-0.05, 0) is 30.9 Å². The number of aliphatic hydroxyl groups excluding tert-OH is 1. The van der Waals surface area contributed by atoms with Gasteiger partial charge in [0, 0.05) is 32.8 Å². The lowest BCUT2D eigenvalue weighted by Crippen LogP contribution is -2.33. The van der Waals surface area contributed by atoms with Crippen LogP contribution in [-0.4, -0.2) is 43.0 Å². The Morgan fingerprint density at radius 2 is 2.15 bits per heavy atom. The normalized spacial score (nSPS) is 12.1. The van der Waals surface area contributed by atoms with E-state index in [2.05, 4.69) is 5.32 Å². The summed E-state index contributed by atoms with van der Waals surface area (Å²) in [4.78, 5) is 12.1. The van der Waals surface area contributed by atoms with Crippen LogP contribution < -0.4 is 5.32 Å². The summed E-state index contributed by atoms with van der Waals surface area (Å²) in [6.45, 7) is 1.10. The van der Waals surface area contributed by atoms with E-state index in [-0.39, 0.29) is 24.2 Å². The molecule has 1 rings (SSSR count). The van der Waals surface area contributed by atoms with Gasteiger partial charge >= 0.3 is 0 Å². The quantitative estimate of drug-likeness (QED) is 0.592. The summed E-state index contributed by atoms with van der Waals surface area (Å²) < 4.78 is 4.92. The zero-order chi connectivity index (χ0) is 14.8. The van der Waals surface area contributed by atoms with Crippen LogP contribution >= 0.6 is 0 Å². The third-order valence-electron chi connectivity index (χ3n) is 3.13. The van der Waals surface area contributed by atoms with E-state index >= 15 is 0 Å². The number of benzene rings is 1. The van der Waals surface area contributed by atoms with Gasteiger partial charge in [-0.15, -0.1) is 0 Å². The predicted octanol–water partition coefficient (Wildman–Crippen LogP) is 1.09.